The quantitative estimate of drug-likeness (QED) is 0.444. The first kappa shape index (κ1) is 14.7. The number of nitrogens with zero attached hydrogens (tertiary/aromatic N) is 2. The molecule has 0 aliphatic heterocycles. The van der Waals surface area contributed by atoms with Crippen molar-refractivity contribution in [3.05, 3.63) is 22.6 Å². The number of nitrogens with one attached hydrogen (secondary N) is 2. The predicted molar refractivity (Wildman–Crippen MR) is 72.5 cm³/mol. The zero-order valence-electron chi connectivity index (χ0n) is 10.7. The molecular weight excluding hydrogens is 248 g/mol. The number of thioether (sulfide) groups is 1. The zero-order chi connectivity index (χ0) is 13.4. The number of nitriles is 1. The van der Waals surface area contributed by atoms with Crippen molar-refractivity contribution in [3.63, 3.8) is 0 Å². The Labute approximate surface area is 111 Å². The Kier molecular flexibility index (Phi) is 5.89. The number of hydrogen-bond donors (Lipinski definition) is 2. The highest BCUT2D eigenvalue weighted by Gasteiger charge is 2.19. The van der Waals surface area contributed by atoms with Crippen LogP contribution in [0.25, 0.3) is 0 Å². The molecule has 18 heavy (non-hydrogen) atoms. The molecule has 0 bridgehead atoms. The highest BCUT2D eigenvalue weighted by molar-refractivity contribution is 7.99. The van der Waals surface area contributed by atoms with Gasteiger partial charge in [-0.15, -0.1) is 0 Å². The van der Waals surface area contributed by atoms with E-state index in [1.807, 2.05) is 6.92 Å². The molecule has 1 heterocycles. The van der Waals surface area contributed by atoms with Crippen molar-refractivity contribution in [3.8, 4) is 6.07 Å². The van der Waals surface area contributed by atoms with Crippen molar-refractivity contribution in [2.75, 3.05) is 12.8 Å². The number of aromatic amines is 1. The summed E-state index contributed by atoms with van der Waals surface area (Å²) in [6.07, 6.45) is 4.28. The third-order valence-electron chi connectivity index (χ3n) is 2.76. The van der Waals surface area contributed by atoms with E-state index < -0.39 is 5.54 Å². The molecule has 0 saturated heterocycles. The SMILES string of the molecule is CNC(C)(C#N)CCCCSc1nccc(=O)[nH]1. The van der Waals surface area contributed by atoms with Gasteiger partial charge in [-0.3, -0.25) is 4.79 Å². The van der Waals surface area contributed by atoms with E-state index in [-0.39, 0.29) is 5.56 Å². The minimum atomic E-state index is -0.440. The van der Waals surface area contributed by atoms with Crippen LogP contribution in [-0.2, 0) is 0 Å². The van der Waals surface area contributed by atoms with Crippen LogP contribution in [0.4, 0.5) is 0 Å². The molecule has 0 aliphatic carbocycles. The van der Waals surface area contributed by atoms with Gasteiger partial charge in [0.1, 0.15) is 5.54 Å². The van der Waals surface area contributed by atoms with Crippen LogP contribution in [0.15, 0.2) is 22.2 Å². The number of unbranched alkanes of at least 4 members (excludes halogenated alkanes) is 1. The molecule has 0 fully saturated rings. The highest BCUT2D eigenvalue weighted by Crippen LogP contribution is 2.16. The van der Waals surface area contributed by atoms with Crippen LogP contribution in [-0.4, -0.2) is 28.3 Å². The van der Waals surface area contributed by atoms with Crippen molar-refractivity contribution >= 4 is 11.8 Å². The van der Waals surface area contributed by atoms with E-state index in [9.17, 15) is 4.79 Å². The van der Waals surface area contributed by atoms with Gasteiger partial charge in [-0.1, -0.05) is 11.8 Å². The van der Waals surface area contributed by atoms with Crippen LogP contribution >= 0.6 is 11.8 Å². The van der Waals surface area contributed by atoms with E-state index in [0.29, 0.717) is 5.16 Å². The summed E-state index contributed by atoms with van der Waals surface area (Å²) in [5.74, 6) is 0.887. The lowest BCUT2D eigenvalue weighted by Crippen LogP contribution is -2.37. The Morgan fingerprint density at radius 3 is 3.00 bits per heavy atom. The summed E-state index contributed by atoms with van der Waals surface area (Å²) in [7, 11) is 1.80. The molecule has 0 radical (unpaired) electrons. The van der Waals surface area contributed by atoms with Crippen molar-refractivity contribution in [2.24, 2.45) is 0 Å². The fourth-order valence-corrected chi connectivity index (χ4v) is 2.26. The van der Waals surface area contributed by atoms with E-state index in [1.54, 1.807) is 7.05 Å². The average Bonchev–Trinajstić information content (AvgIpc) is 2.38. The van der Waals surface area contributed by atoms with Gasteiger partial charge in [0.15, 0.2) is 5.16 Å². The largest absolute Gasteiger partial charge is 0.303 e. The molecule has 6 heteroatoms. The monoisotopic (exact) mass is 266 g/mol. The van der Waals surface area contributed by atoms with Crippen LogP contribution in [0.1, 0.15) is 26.2 Å². The zero-order valence-corrected chi connectivity index (χ0v) is 11.5. The molecule has 0 saturated carbocycles. The van der Waals surface area contributed by atoms with E-state index in [1.165, 1.54) is 24.0 Å². The number of H-pyrrole nitrogens is 1. The van der Waals surface area contributed by atoms with Gasteiger partial charge >= 0.3 is 0 Å². The molecule has 2 N–H and O–H groups in total. The number of hydrogen-bond acceptors (Lipinski definition) is 5. The van der Waals surface area contributed by atoms with E-state index >= 15 is 0 Å². The summed E-state index contributed by atoms with van der Waals surface area (Å²) in [5.41, 5.74) is -0.566. The van der Waals surface area contributed by atoms with Crippen LogP contribution in [0.5, 0.6) is 0 Å². The Balaban J connectivity index is 2.24. The fraction of sp³-hybridized carbons (Fsp3) is 0.583. The van der Waals surface area contributed by atoms with Gasteiger partial charge in [0.25, 0.3) is 5.56 Å². The summed E-state index contributed by atoms with van der Waals surface area (Å²) in [5, 5.41) is 12.7. The van der Waals surface area contributed by atoms with Gasteiger partial charge in [-0.05, 0) is 33.2 Å². The van der Waals surface area contributed by atoms with E-state index in [2.05, 4.69) is 21.4 Å². The van der Waals surface area contributed by atoms with Gasteiger partial charge in [0, 0.05) is 18.0 Å². The second-order valence-electron chi connectivity index (χ2n) is 4.24. The molecule has 1 unspecified atom stereocenters. The Morgan fingerprint density at radius 1 is 1.61 bits per heavy atom. The number of rotatable bonds is 7. The van der Waals surface area contributed by atoms with Gasteiger partial charge in [0.05, 0.1) is 6.07 Å². The van der Waals surface area contributed by atoms with Crippen LogP contribution in [0.3, 0.4) is 0 Å². The maximum atomic E-state index is 11.0. The van der Waals surface area contributed by atoms with Gasteiger partial charge < -0.3 is 10.3 Å². The summed E-state index contributed by atoms with van der Waals surface area (Å²) in [6.45, 7) is 1.90. The second-order valence-corrected chi connectivity index (χ2v) is 5.32. The summed E-state index contributed by atoms with van der Waals surface area (Å²) in [4.78, 5) is 17.8. The van der Waals surface area contributed by atoms with Crippen LogP contribution in [0.2, 0.25) is 0 Å². The molecule has 0 spiro atoms. The van der Waals surface area contributed by atoms with Gasteiger partial charge in [-0.25, -0.2) is 4.98 Å². The van der Waals surface area contributed by atoms with E-state index in [0.717, 1.165) is 25.0 Å². The van der Waals surface area contributed by atoms with Crippen LogP contribution in [0, 0.1) is 11.3 Å². The maximum Gasteiger partial charge on any atom is 0.251 e. The summed E-state index contributed by atoms with van der Waals surface area (Å²) >= 11 is 1.53. The Bertz CT molecular complexity index is 468. The van der Waals surface area contributed by atoms with Crippen molar-refractivity contribution < 1.29 is 0 Å². The number of aromatic nitrogens is 2. The minimum Gasteiger partial charge on any atom is -0.303 e. The molecule has 1 aromatic rings. The lowest BCUT2D eigenvalue weighted by Gasteiger charge is -2.20. The minimum absolute atomic E-state index is 0.125. The van der Waals surface area contributed by atoms with Crippen molar-refractivity contribution in [1.29, 1.82) is 5.26 Å². The lowest BCUT2D eigenvalue weighted by molar-refractivity contribution is 0.439. The molecule has 0 aromatic carbocycles. The molecule has 98 valence electrons. The molecule has 0 aliphatic rings. The van der Waals surface area contributed by atoms with Crippen molar-refractivity contribution in [2.45, 2.75) is 36.9 Å². The van der Waals surface area contributed by atoms with Gasteiger partial charge in [-0.2, -0.15) is 5.26 Å². The third-order valence-corrected chi connectivity index (χ3v) is 3.73. The highest BCUT2D eigenvalue weighted by atomic mass is 32.2. The molecular formula is C12H18N4OS. The Hall–Kier alpha value is -1.32. The molecule has 1 rings (SSSR count). The first-order chi connectivity index (χ1) is 8.59. The topological polar surface area (TPSA) is 81.6 Å². The first-order valence-electron chi connectivity index (χ1n) is 5.88. The smallest absolute Gasteiger partial charge is 0.251 e. The van der Waals surface area contributed by atoms with Crippen LogP contribution < -0.4 is 10.9 Å². The molecule has 1 atom stereocenters. The normalized spacial score (nSPS) is 13.8. The fourth-order valence-electron chi connectivity index (χ4n) is 1.41. The molecule has 5 nitrogen and oxygen atoms in total. The molecule has 0 amide bonds. The standard InChI is InChI=1S/C12H18N4OS/c1-12(9-13,14-2)6-3-4-8-18-11-15-7-5-10(17)16-11/h5,7,14H,3-4,6,8H2,1-2H3,(H,15,16,17). The Morgan fingerprint density at radius 2 is 2.39 bits per heavy atom. The third kappa shape index (κ3) is 4.90. The first-order valence-corrected chi connectivity index (χ1v) is 6.86. The molecule has 1 aromatic heterocycles. The lowest BCUT2D eigenvalue weighted by atomic mass is 9.97. The van der Waals surface area contributed by atoms with Crippen molar-refractivity contribution in [1.82, 2.24) is 15.3 Å². The van der Waals surface area contributed by atoms with E-state index in [4.69, 9.17) is 5.26 Å². The second kappa shape index (κ2) is 7.19. The van der Waals surface area contributed by atoms with Gasteiger partial charge in [0.2, 0.25) is 0 Å². The average molecular weight is 266 g/mol. The summed E-state index contributed by atoms with van der Waals surface area (Å²) < 4.78 is 0. The maximum absolute atomic E-state index is 11.0. The predicted octanol–water partition coefficient (Wildman–Crippen LogP) is 1.53. The summed E-state index contributed by atoms with van der Waals surface area (Å²) in [6, 6.07) is 3.66.